The summed E-state index contributed by atoms with van der Waals surface area (Å²) in [6, 6.07) is 7.96. The van der Waals surface area contributed by atoms with Crippen LogP contribution >= 0.6 is 0 Å². The lowest BCUT2D eigenvalue weighted by Gasteiger charge is -2.25. The zero-order chi connectivity index (χ0) is 18.0. The Morgan fingerprint density at radius 3 is 2.52 bits per heavy atom. The molecule has 25 heavy (non-hydrogen) atoms. The quantitative estimate of drug-likeness (QED) is 0.809. The van der Waals surface area contributed by atoms with Gasteiger partial charge in [-0.25, -0.2) is 13.0 Å². The Hall–Kier alpha value is -1.24. The number of nitrogens with zero attached hydrogens (tertiary/aromatic N) is 2. The molecule has 2 unspecified atom stereocenters. The van der Waals surface area contributed by atoms with Crippen LogP contribution in [0.2, 0.25) is 0 Å². The second-order valence-corrected chi connectivity index (χ2v) is 9.46. The molecule has 1 aromatic rings. The minimum absolute atomic E-state index is 0.354. The molecule has 2 atom stereocenters. The van der Waals surface area contributed by atoms with Crippen LogP contribution in [-0.4, -0.2) is 69.3 Å². The van der Waals surface area contributed by atoms with Crippen molar-refractivity contribution in [2.24, 2.45) is 0 Å². The standard InChI is InChI=1S/C19H30N3O2S/c1-21-13-5-6-16(21)14-20-19-8-4-7-18(22(19)2)15-9-11-17(12-10-15)25(3,23)24/h9-12,16,19-20H,4-8,13-14H2,1-3H3/q+1. The Morgan fingerprint density at radius 1 is 1.20 bits per heavy atom. The van der Waals surface area contributed by atoms with Crippen LogP contribution in [0.5, 0.6) is 0 Å². The smallest absolute Gasteiger partial charge is 0.206 e. The summed E-state index contributed by atoms with van der Waals surface area (Å²) in [5.74, 6) is 0. The zero-order valence-electron chi connectivity index (χ0n) is 15.5. The fraction of sp³-hybridized carbons (Fsp3) is 0.632. The lowest BCUT2D eigenvalue weighted by atomic mass is 9.99. The Labute approximate surface area is 151 Å². The van der Waals surface area contributed by atoms with Gasteiger partial charge in [0.15, 0.2) is 15.5 Å². The van der Waals surface area contributed by atoms with E-state index in [2.05, 4.69) is 28.9 Å². The third-order valence-electron chi connectivity index (χ3n) is 5.66. The lowest BCUT2D eigenvalue weighted by Crippen LogP contribution is -2.48. The van der Waals surface area contributed by atoms with E-state index in [-0.39, 0.29) is 0 Å². The molecule has 0 bridgehead atoms. The number of likely N-dealkylation sites (N-methyl/N-ethyl adjacent to an activating group) is 1. The van der Waals surface area contributed by atoms with Crippen LogP contribution in [0.4, 0.5) is 0 Å². The molecule has 0 spiro atoms. The lowest BCUT2D eigenvalue weighted by molar-refractivity contribution is -0.550. The van der Waals surface area contributed by atoms with Gasteiger partial charge in [0, 0.05) is 37.2 Å². The van der Waals surface area contributed by atoms with Gasteiger partial charge in [0.1, 0.15) is 7.05 Å². The van der Waals surface area contributed by atoms with Gasteiger partial charge in [-0.05, 0) is 57.1 Å². The largest absolute Gasteiger partial charge is 0.302 e. The molecule has 1 N–H and O–H groups in total. The monoisotopic (exact) mass is 364 g/mol. The number of hydrogen-bond donors (Lipinski definition) is 1. The van der Waals surface area contributed by atoms with E-state index in [9.17, 15) is 8.42 Å². The number of likely N-dealkylation sites (tertiary alicyclic amines) is 1. The topological polar surface area (TPSA) is 52.4 Å². The van der Waals surface area contributed by atoms with Crippen molar-refractivity contribution in [3.05, 3.63) is 29.8 Å². The van der Waals surface area contributed by atoms with Crippen LogP contribution in [-0.2, 0) is 9.84 Å². The molecule has 2 aliphatic rings. The molecule has 1 saturated heterocycles. The van der Waals surface area contributed by atoms with E-state index in [1.807, 2.05) is 12.1 Å². The molecule has 1 fully saturated rings. The third-order valence-corrected chi connectivity index (χ3v) is 6.79. The molecule has 0 amide bonds. The van der Waals surface area contributed by atoms with Crippen molar-refractivity contribution < 1.29 is 13.0 Å². The average Bonchev–Trinajstić information content (AvgIpc) is 2.98. The second kappa shape index (κ2) is 7.56. The zero-order valence-corrected chi connectivity index (χ0v) is 16.3. The molecule has 2 heterocycles. The SMILES string of the molecule is CN1CCCC1CNC1CCCC(c2ccc(S(C)(=O)=O)cc2)=[N+]1C. The van der Waals surface area contributed by atoms with Crippen LogP contribution in [0.1, 0.15) is 37.7 Å². The summed E-state index contributed by atoms with van der Waals surface area (Å²) in [7, 11) is 1.22. The maximum absolute atomic E-state index is 11.6. The van der Waals surface area contributed by atoms with Gasteiger partial charge in [0.2, 0.25) is 6.17 Å². The van der Waals surface area contributed by atoms with Gasteiger partial charge < -0.3 is 4.90 Å². The van der Waals surface area contributed by atoms with E-state index in [4.69, 9.17) is 0 Å². The normalized spacial score (nSPS) is 25.6. The van der Waals surface area contributed by atoms with Crippen molar-refractivity contribution in [2.45, 2.75) is 49.2 Å². The van der Waals surface area contributed by atoms with Crippen molar-refractivity contribution in [1.29, 1.82) is 0 Å². The van der Waals surface area contributed by atoms with Crippen molar-refractivity contribution in [3.8, 4) is 0 Å². The third kappa shape index (κ3) is 4.30. The highest BCUT2D eigenvalue weighted by atomic mass is 32.2. The molecule has 2 aliphatic heterocycles. The predicted octanol–water partition coefficient (Wildman–Crippen LogP) is 1.72. The van der Waals surface area contributed by atoms with Crippen molar-refractivity contribution in [2.75, 3.05) is 33.4 Å². The van der Waals surface area contributed by atoms with Crippen LogP contribution in [0.15, 0.2) is 29.2 Å². The van der Waals surface area contributed by atoms with E-state index in [0.29, 0.717) is 17.1 Å². The Kier molecular flexibility index (Phi) is 5.61. The van der Waals surface area contributed by atoms with Crippen LogP contribution in [0.3, 0.4) is 0 Å². The van der Waals surface area contributed by atoms with Crippen molar-refractivity contribution in [3.63, 3.8) is 0 Å². The summed E-state index contributed by atoms with van der Waals surface area (Å²) in [6.45, 7) is 2.24. The van der Waals surface area contributed by atoms with Gasteiger partial charge in [0.25, 0.3) is 0 Å². The summed E-state index contributed by atoms with van der Waals surface area (Å²) in [4.78, 5) is 2.83. The first kappa shape index (κ1) is 18.5. The first-order valence-electron chi connectivity index (χ1n) is 9.19. The average molecular weight is 365 g/mol. The number of hydrogen-bond acceptors (Lipinski definition) is 4. The van der Waals surface area contributed by atoms with Crippen molar-refractivity contribution >= 4 is 15.5 Å². The van der Waals surface area contributed by atoms with Crippen LogP contribution in [0.25, 0.3) is 0 Å². The van der Waals surface area contributed by atoms with Gasteiger partial charge in [-0.15, -0.1) is 0 Å². The number of sulfone groups is 1. The molecule has 1 aromatic carbocycles. The molecular formula is C19H30N3O2S+. The first-order chi connectivity index (χ1) is 11.9. The number of benzene rings is 1. The van der Waals surface area contributed by atoms with Gasteiger partial charge in [0.05, 0.1) is 4.90 Å². The van der Waals surface area contributed by atoms with Crippen LogP contribution < -0.4 is 5.32 Å². The maximum Gasteiger partial charge on any atom is 0.206 e. The molecule has 5 nitrogen and oxygen atoms in total. The molecule has 0 aromatic heterocycles. The fourth-order valence-corrected chi connectivity index (χ4v) is 4.64. The van der Waals surface area contributed by atoms with Crippen LogP contribution in [0, 0.1) is 0 Å². The van der Waals surface area contributed by atoms with Gasteiger partial charge in [-0.1, -0.05) is 0 Å². The van der Waals surface area contributed by atoms with E-state index in [0.717, 1.165) is 31.4 Å². The predicted molar refractivity (Wildman–Crippen MR) is 101 cm³/mol. The number of nitrogens with one attached hydrogen (secondary N) is 1. The molecular weight excluding hydrogens is 334 g/mol. The summed E-state index contributed by atoms with van der Waals surface area (Å²) in [5, 5.41) is 3.75. The Bertz CT molecular complexity index is 740. The highest BCUT2D eigenvalue weighted by Crippen LogP contribution is 2.19. The van der Waals surface area contributed by atoms with Gasteiger partial charge >= 0.3 is 0 Å². The summed E-state index contributed by atoms with van der Waals surface area (Å²) >= 11 is 0. The van der Waals surface area contributed by atoms with Gasteiger partial charge in [-0.3, -0.25) is 5.32 Å². The Balaban J connectivity index is 1.73. The summed E-state index contributed by atoms with van der Waals surface area (Å²) in [6.07, 6.45) is 7.53. The Morgan fingerprint density at radius 2 is 1.92 bits per heavy atom. The fourth-order valence-electron chi connectivity index (χ4n) is 4.01. The minimum Gasteiger partial charge on any atom is -0.302 e. The summed E-state index contributed by atoms with van der Waals surface area (Å²) < 4.78 is 25.6. The second-order valence-electron chi connectivity index (χ2n) is 7.45. The van der Waals surface area contributed by atoms with Crippen molar-refractivity contribution in [1.82, 2.24) is 10.2 Å². The minimum atomic E-state index is -3.14. The van der Waals surface area contributed by atoms with E-state index in [1.54, 1.807) is 12.1 Å². The van der Waals surface area contributed by atoms with E-state index < -0.39 is 9.84 Å². The maximum atomic E-state index is 11.6. The molecule has 138 valence electrons. The summed E-state index contributed by atoms with van der Waals surface area (Å²) in [5.41, 5.74) is 2.42. The van der Waals surface area contributed by atoms with E-state index in [1.165, 1.54) is 31.4 Å². The highest BCUT2D eigenvalue weighted by molar-refractivity contribution is 7.90. The molecule has 3 rings (SSSR count). The first-order valence-corrected chi connectivity index (χ1v) is 11.1. The van der Waals surface area contributed by atoms with Gasteiger partial charge in [-0.2, -0.15) is 0 Å². The molecule has 0 saturated carbocycles. The van der Waals surface area contributed by atoms with E-state index >= 15 is 0 Å². The number of rotatable bonds is 5. The highest BCUT2D eigenvalue weighted by Gasteiger charge is 2.29. The molecule has 6 heteroatoms. The molecule has 0 radical (unpaired) electrons. The molecule has 0 aliphatic carbocycles.